The number of aliphatic hydroxyl groups is 1. The predicted molar refractivity (Wildman–Crippen MR) is 128 cm³/mol. The second-order valence-corrected chi connectivity index (χ2v) is 8.71. The Labute approximate surface area is 200 Å². The molecule has 0 saturated carbocycles. The largest absolute Gasteiger partial charge is 0.494 e. The Bertz CT molecular complexity index is 812. The average molecular weight is 486 g/mol. The van der Waals surface area contributed by atoms with Gasteiger partial charge in [-0.25, -0.2) is 0 Å². The number of hydrogen-bond acceptors (Lipinski definition) is 3. The van der Waals surface area contributed by atoms with Gasteiger partial charge in [0.2, 0.25) is 0 Å². The normalized spacial score (nSPS) is 18.7. The van der Waals surface area contributed by atoms with Crippen LogP contribution in [0.5, 0.6) is 5.75 Å². The summed E-state index contributed by atoms with van der Waals surface area (Å²) in [5.41, 5.74) is 0.183. The number of rotatable bonds is 8. The van der Waals surface area contributed by atoms with Gasteiger partial charge in [0.1, 0.15) is 5.75 Å². The Morgan fingerprint density at radius 1 is 1.06 bits per heavy atom. The van der Waals surface area contributed by atoms with E-state index in [-0.39, 0.29) is 5.92 Å². The van der Waals surface area contributed by atoms with Gasteiger partial charge >= 0.3 is 6.18 Å². The van der Waals surface area contributed by atoms with Gasteiger partial charge in [-0.05, 0) is 73.7 Å². The lowest BCUT2D eigenvalue weighted by Crippen LogP contribution is -2.43. The molecule has 1 heterocycles. The van der Waals surface area contributed by atoms with Crippen molar-refractivity contribution in [3.05, 3.63) is 64.7 Å². The van der Waals surface area contributed by atoms with E-state index in [1.54, 1.807) is 12.1 Å². The summed E-state index contributed by atoms with van der Waals surface area (Å²) >= 11 is 5.94. The van der Waals surface area contributed by atoms with Crippen LogP contribution in [0.2, 0.25) is 5.02 Å². The molecule has 3 nitrogen and oxygen atoms in total. The SMILES string of the molecule is CC.CC(CN1CCCCC1CCOc1ccc(C(F)(F)F)cc1)C(O)c1ccc(Cl)cc1. The topological polar surface area (TPSA) is 32.7 Å². The molecule has 0 bridgehead atoms. The number of piperidine rings is 1. The van der Waals surface area contributed by atoms with Crippen LogP contribution < -0.4 is 4.74 Å². The molecule has 33 heavy (non-hydrogen) atoms. The molecule has 0 aliphatic carbocycles. The maximum atomic E-state index is 12.7. The fourth-order valence-corrected chi connectivity index (χ4v) is 4.26. The van der Waals surface area contributed by atoms with Crippen LogP contribution in [-0.4, -0.2) is 35.7 Å². The van der Waals surface area contributed by atoms with E-state index in [2.05, 4.69) is 4.90 Å². The van der Waals surface area contributed by atoms with E-state index >= 15 is 0 Å². The lowest BCUT2D eigenvalue weighted by molar-refractivity contribution is -0.137. The maximum absolute atomic E-state index is 12.7. The quantitative estimate of drug-likeness (QED) is 0.423. The van der Waals surface area contributed by atoms with E-state index in [9.17, 15) is 18.3 Å². The van der Waals surface area contributed by atoms with Gasteiger partial charge in [-0.15, -0.1) is 0 Å². The van der Waals surface area contributed by atoms with Crippen LogP contribution in [0.1, 0.15) is 63.7 Å². The van der Waals surface area contributed by atoms with E-state index < -0.39 is 17.8 Å². The van der Waals surface area contributed by atoms with Gasteiger partial charge < -0.3 is 9.84 Å². The zero-order valence-corrected chi connectivity index (χ0v) is 20.4. The summed E-state index contributed by atoms with van der Waals surface area (Å²) in [5.74, 6) is 0.500. The Kier molecular flexibility index (Phi) is 11.0. The zero-order valence-electron chi connectivity index (χ0n) is 19.6. The van der Waals surface area contributed by atoms with Crippen LogP contribution in [0.3, 0.4) is 0 Å². The summed E-state index contributed by atoms with van der Waals surface area (Å²) in [6.07, 6.45) is -0.780. The molecule has 1 N–H and O–H groups in total. The van der Waals surface area contributed by atoms with Gasteiger partial charge in [0.15, 0.2) is 0 Å². The molecule has 1 aliphatic heterocycles. The monoisotopic (exact) mass is 485 g/mol. The molecule has 7 heteroatoms. The fourth-order valence-electron chi connectivity index (χ4n) is 4.14. The number of hydrogen-bond donors (Lipinski definition) is 1. The Morgan fingerprint density at radius 2 is 1.70 bits per heavy atom. The Morgan fingerprint density at radius 3 is 2.30 bits per heavy atom. The zero-order chi connectivity index (χ0) is 24.4. The Balaban J connectivity index is 0.00000187. The van der Waals surface area contributed by atoms with Gasteiger partial charge in [-0.2, -0.15) is 13.2 Å². The van der Waals surface area contributed by atoms with Crippen molar-refractivity contribution < 1.29 is 23.0 Å². The van der Waals surface area contributed by atoms with Crippen molar-refractivity contribution in [3.63, 3.8) is 0 Å². The number of benzene rings is 2. The van der Waals surface area contributed by atoms with Crippen molar-refractivity contribution >= 4 is 11.6 Å². The molecule has 1 saturated heterocycles. The van der Waals surface area contributed by atoms with Gasteiger partial charge in [-0.3, -0.25) is 4.90 Å². The summed E-state index contributed by atoms with van der Waals surface area (Å²) in [7, 11) is 0. The molecule has 3 atom stereocenters. The molecule has 0 radical (unpaired) electrons. The molecular formula is C26H35ClF3NO2. The summed E-state index contributed by atoms with van der Waals surface area (Å²) in [6.45, 7) is 8.24. The summed E-state index contributed by atoms with van der Waals surface area (Å²) in [6, 6.07) is 12.4. The number of alkyl halides is 3. The second kappa shape index (κ2) is 13.2. The molecule has 0 aromatic heterocycles. The lowest BCUT2D eigenvalue weighted by atomic mass is 9.93. The molecule has 3 unspecified atom stereocenters. The third-order valence-corrected chi connectivity index (χ3v) is 6.18. The van der Waals surface area contributed by atoms with Crippen molar-refractivity contribution in [2.45, 2.75) is 64.8 Å². The van der Waals surface area contributed by atoms with Crippen molar-refractivity contribution in [1.29, 1.82) is 0 Å². The van der Waals surface area contributed by atoms with Crippen LogP contribution in [-0.2, 0) is 6.18 Å². The van der Waals surface area contributed by atoms with E-state index in [0.717, 1.165) is 56.5 Å². The summed E-state index contributed by atoms with van der Waals surface area (Å²) in [4.78, 5) is 2.41. The van der Waals surface area contributed by atoms with Crippen molar-refractivity contribution in [2.24, 2.45) is 5.92 Å². The number of aliphatic hydroxyl groups excluding tert-OH is 1. The number of nitrogens with zero attached hydrogens (tertiary/aromatic N) is 1. The van der Waals surface area contributed by atoms with Crippen LogP contribution in [0.4, 0.5) is 13.2 Å². The summed E-state index contributed by atoms with van der Waals surface area (Å²) < 4.78 is 43.7. The smallest absolute Gasteiger partial charge is 0.416 e. The molecule has 3 rings (SSSR count). The first-order chi connectivity index (χ1) is 15.7. The third-order valence-electron chi connectivity index (χ3n) is 5.92. The predicted octanol–water partition coefficient (Wildman–Crippen LogP) is 7.38. The molecular weight excluding hydrogens is 451 g/mol. The van der Waals surface area contributed by atoms with Crippen LogP contribution in [0.25, 0.3) is 0 Å². The molecule has 2 aromatic carbocycles. The van der Waals surface area contributed by atoms with Crippen LogP contribution in [0.15, 0.2) is 48.5 Å². The van der Waals surface area contributed by atoms with Gasteiger partial charge in [0.05, 0.1) is 18.3 Å². The number of likely N-dealkylation sites (tertiary alicyclic amines) is 1. The van der Waals surface area contributed by atoms with Crippen LogP contribution in [0, 0.1) is 5.92 Å². The van der Waals surface area contributed by atoms with Gasteiger partial charge in [-0.1, -0.05) is 50.9 Å². The number of ether oxygens (including phenoxy) is 1. The van der Waals surface area contributed by atoms with Crippen LogP contribution >= 0.6 is 11.6 Å². The highest BCUT2D eigenvalue weighted by Crippen LogP contribution is 2.31. The first-order valence-corrected chi connectivity index (χ1v) is 12.1. The first kappa shape index (κ1) is 27.5. The minimum atomic E-state index is -4.34. The fraction of sp³-hybridized carbons (Fsp3) is 0.538. The van der Waals surface area contributed by atoms with Gasteiger partial charge in [0.25, 0.3) is 0 Å². The summed E-state index contributed by atoms with van der Waals surface area (Å²) in [5, 5.41) is 11.4. The van der Waals surface area contributed by atoms with Crippen molar-refractivity contribution in [2.75, 3.05) is 19.7 Å². The van der Waals surface area contributed by atoms with E-state index in [0.29, 0.717) is 23.4 Å². The molecule has 1 fully saturated rings. The van der Waals surface area contributed by atoms with E-state index in [1.165, 1.54) is 12.1 Å². The molecule has 1 aliphatic rings. The number of halogens is 4. The standard InChI is InChI=1S/C24H29ClF3NO2.C2H6/c1-17(23(30)18-5-9-20(25)10-6-18)16-29-14-3-2-4-21(29)13-15-31-22-11-7-19(8-12-22)24(26,27)28;1-2/h5-12,17,21,23,30H,2-4,13-16H2,1H3;1-2H3. The molecule has 0 spiro atoms. The first-order valence-electron chi connectivity index (χ1n) is 11.7. The highest BCUT2D eigenvalue weighted by Gasteiger charge is 2.30. The highest BCUT2D eigenvalue weighted by molar-refractivity contribution is 6.30. The molecule has 2 aromatic rings. The minimum absolute atomic E-state index is 0.0533. The average Bonchev–Trinajstić information content (AvgIpc) is 2.81. The Hall–Kier alpha value is -1.76. The second-order valence-electron chi connectivity index (χ2n) is 8.28. The lowest BCUT2D eigenvalue weighted by Gasteiger charge is -2.38. The third kappa shape index (κ3) is 8.51. The highest BCUT2D eigenvalue weighted by atomic mass is 35.5. The minimum Gasteiger partial charge on any atom is -0.494 e. The van der Waals surface area contributed by atoms with Crippen molar-refractivity contribution in [1.82, 2.24) is 4.90 Å². The van der Waals surface area contributed by atoms with E-state index in [4.69, 9.17) is 16.3 Å². The van der Waals surface area contributed by atoms with Gasteiger partial charge in [0, 0.05) is 17.6 Å². The maximum Gasteiger partial charge on any atom is 0.416 e. The molecule has 0 amide bonds. The molecule has 184 valence electrons. The van der Waals surface area contributed by atoms with Crippen molar-refractivity contribution in [3.8, 4) is 5.75 Å². The van der Waals surface area contributed by atoms with E-state index in [1.807, 2.05) is 32.9 Å².